The first kappa shape index (κ1) is 12.9. The molecular formula is C13H16ClN3O. The molecule has 0 amide bonds. The fourth-order valence-electron chi connectivity index (χ4n) is 1.81. The number of nitrogens with zero attached hydrogens (tertiary/aromatic N) is 2. The van der Waals surface area contributed by atoms with Crippen LogP contribution in [0.3, 0.4) is 0 Å². The summed E-state index contributed by atoms with van der Waals surface area (Å²) in [6.45, 7) is 0.722. The van der Waals surface area contributed by atoms with Crippen LogP contribution < -0.4 is 5.73 Å². The van der Waals surface area contributed by atoms with Crippen LogP contribution in [0.15, 0.2) is 30.5 Å². The number of rotatable bonds is 5. The van der Waals surface area contributed by atoms with Gasteiger partial charge in [0.25, 0.3) is 0 Å². The maximum absolute atomic E-state index is 8.81. The van der Waals surface area contributed by atoms with E-state index in [1.54, 1.807) is 10.9 Å². The summed E-state index contributed by atoms with van der Waals surface area (Å²) in [5, 5.41) is 13.8. The average Bonchev–Trinajstić information content (AvgIpc) is 2.71. The Balaban J connectivity index is 2.15. The van der Waals surface area contributed by atoms with Gasteiger partial charge in [-0.2, -0.15) is 5.10 Å². The van der Waals surface area contributed by atoms with Gasteiger partial charge >= 0.3 is 0 Å². The molecule has 0 saturated heterocycles. The van der Waals surface area contributed by atoms with Gasteiger partial charge < -0.3 is 10.8 Å². The quantitative estimate of drug-likeness (QED) is 0.870. The van der Waals surface area contributed by atoms with Gasteiger partial charge in [0.05, 0.1) is 12.7 Å². The van der Waals surface area contributed by atoms with Gasteiger partial charge in [0.15, 0.2) is 0 Å². The summed E-state index contributed by atoms with van der Waals surface area (Å²) in [6.07, 6.45) is 3.19. The van der Waals surface area contributed by atoms with Crippen LogP contribution in [0.1, 0.15) is 17.5 Å². The molecule has 96 valence electrons. The number of nitrogens with two attached hydrogens (primary N) is 1. The molecule has 0 radical (unpaired) electrons. The molecule has 0 unspecified atom stereocenters. The van der Waals surface area contributed by atoms with E-state index in [4.69, 9.17) is 22.4 Å². The van der Waals surface area contributed by atoms with E-state index in [2.05, 4.69) is 5.10 Å². The Labute approximate surface area is 111 Å². The molecule has 0 atom stereocenters. The fraction of sp³-hybridized carbons (Fsp3) is 0.308. The van der Waals surface area contributed by atoms with Crippen molar-refractivity contribution in [2.45, 2.75) is 19.4 Å². The van der Waals surface area contributed by atoms with E-state index in [0.29, 0.717) is 23.8 Å². The second-order valence-electron chi connectivity index (χ2n) is 4.13. The monoisotopic (exact) mass is 265 g/mol. The zero-order valence-electron chi connectivity index (χ0n) is 10.0. The lowest BCUT2D eigenvalue weighted by atomic mass is 10.2. The Kier molecular flexibility index (Phi) is 4.23. The number of aromatic nitrogens is 2. The van der Waals surface area contributed by atoms with E-state index >= 15 is 0 Å². The highest BCUT2D eigenvalue weighted by molar-refractivity contribution is 6.31. The fourth-order valence-corrected chi connectivity index (χ4v) is 2.01. The lowest BCUT2D eigenvalue weighted by Gasteiger charge is -2.07. The van der Waals surface area contributed by atoms with Crippen molar-refractivity contribution in [2.75, 3.05) is 12.3 Å². The minimum absolute atomic E-state index is 0.162. The molecule has 3 N–H and O–H groups in total. The number of benzene rings is 1. The highest BCUT2D eigenvalue weighted by Gasteiger charge is 2.08. The molecular weight excluding hydrogens is 250 g/mol. The minimum atomic E-state index is 0.162. The van der Waals surface area contributed by atoms with Gasteiger partial charge in [-0.3, -0.25) is 0 Å². The largest absolute Gasteiger partial charge is 0.396 e. The van der Waals surface area contributed by atoms with Crippen molar-refractivity contribution in [3.05, 3.63) is 46.6 Å². The van der Waals surface area contributed by atoms with Crippen molar-refractivity contribution in [1.29, 1.82) is 0 Å². The third-order valence-electron chi connectivity index (χ3n) is 2.84. The third-order valence-corrected chi connectivity index (χ3v) is 3.21. The molecule has 5 heteroatoms. The Bertz CT molecular complexity index is 525. The zero-order chi connectivity index (χ0) is 13.0. The number of aryl methyl sites for hydroxylation is 1. The van der Waals surface area contributed by atoms with E-state index in [1.165, 1.54) is 0 Å². The molecule has 1 heterocycles. The van der Waals surface area contributed by atoms with Gasteiger partial charge in [0, 0.05) is 17.2 Å². The Hall–Kier alpha value is -1.52. The Morgan fingerprint density at radius 1 is 1.28 bits per heavy atom. The Morgan fingerprint density at radius 3 is 2.78 bits per heavy atom. The average molecular weight is 266 g/mol. The van der Waals surface area contributed by atoms with Crippen LogP contribution in [0, 0.1) is 0 Å². The number of halogens is 1. The second kappa shape index (κ2) is 5.89. The summed E-state index contributed by atoms with van der Waals surface area (Å²) in [7, 11) is 0. The molecule has 0 aliphatic carbocycles. The molecule has 4 nitrogen and oxygen atoms in total. The number of aliphatic hydroxyl groups excluding tert-OH is 1. The molecule has 1 aromatic carbocycles. The highest BCUT2D eigenvalue weighted by Crippen LogP contribution is 2.19. The van der Waals surface area contributed by atoms with E-state index in [-0.39, 0.29) is 6.61 Å². The van der Waals surface area contributed by atoms with E-state index in [0.717, 1.165) is 17.5 Å². The summed E-state index contributed by atoms with van der Waals surface area (Å²) in [6, 6.07) is 7.64. The molecule has 0 aliphatic rings. The Morgan fingerprint density at radius 2 is 2.06 bits per heavy atom. The van der Waals surface area contributed by atoms with Gasteiger partial charge in [-0.1, -0.05) is 29.8 Å². The van der Waals surface area contributed by atoms with Crippen molar-refractivity contribution in [1.82, 2.24) is 9.78 Å². The SMILES string of the molecule is Nc1c(CCCO)cnn1Cc1ccccc1Cl. The molecule has 18 heavy (non-hydrogen) atoms. The topological polar surface area (TPSA) is 64.1 Å². The van der Waals surface area contributed by atoms with Gasteiger partial charge in [0.2, 0.25) is 0 Å². The minimum Gasteiger partial charge on any atom is -0.396 e. The lowest BCUT2D eigenvalue weighted by molar-refractivity contribution is 0.288. The number of anilines is 1. The highest BCUT2D eigenvalue weighted by atomic mass is 35.5. The van der Waals surface area contributed by atoms with E-state index in [9.17, 15) is 0 Å². The maximum Gasteiger partial charge on any atom is 0.125 e. The van der Waals surface area contributed by atoms with Crippen LogP contribution >= 0.6 is 11.6 Å². The first-order valence-corrected chi connectivity index (χ1v) is 6.24. The van der Waals surface area contributed by atoms with Crippen LogP contribution in [0.25, 0.3) is 0 Å². The molecule has 1 aromatic heterocycles. The lowest BCUT2D eigenvalue weighted by Crippen LogP contribution is -2.07. The zero-order valence-corrected chi connectivity index (χ0v) is 10.8. The molecule has 0 saturated carbocycles. The van der Waals surface area contributed by atoms with Crippen LogP contribution in [-0.2, 0) is 13.0 Å². The van der Waals surface area contributed by atoms with Crippen LogP contribution in [-0.4, -0.2) is 21.5 Å². The van der Waals surface area contributed by atoms with Gasteiger partial charge in [-0.15, -0.1) is 0 Å². The predicted octanol–water partition coefficient (Wildman–Crippen LogP) is 2.09. The second-order valence-corrected chi connectivity index (χ2v) is 4.54. The number of hydrogen-bond donors (Lipinski definition) is 2. The predicted molar refractivity (Wildman–Crippen MR) is 72.6 cm³/mol. The summed E-state index contributed by atoms with van der Waals surface area (Å²) >= 11 is 6.10. The standard InChI is InChI=1S/C13H16ClN3O/c14-12-6-2-1-4-11(12)9-17-13(15)10(8-16-17)5-3-7-18/h1-2,4,6,8,18H,3,5,7,9,15H2. The van der Waals surface area contributed by atoms with Crippen LogP contribution in [0.5, 0.6) is 0 Å². The van der Waals surface area contributed by atoms with Crippen molar-refractivity contribution >= 4 is 17.4 Å². The van der Waals surface area contributed by atoms with Crippen LogP contribution in [0.2, 0.25) is 5.02 Å². The molecule has 0 aliphatic heterocycles. The molecule has 0 bridgehead atoms. The number of hydrogen-bond acceptors (Lipinski definition) is 3. The maximum atomic E-state index is 8.81. The van der Waals surface area contributed by atoms with Crippen molar-refractivity contribution in [3.63, 3.8) is 0 Å². The number of nitrogen functional groups attached to an aromatic ring is 1. The van der Waals surface area contributed by atoms with Crippen molar-refractivity contribution in [3.8, 4) is 0 Å². The van der Waals surface area contributed by atoms with E-state index < -0.39 is 0 Å². The van der Waals surface area contributed by atoms with E-state index in [1.807, 2.05) is 24.3 Å². The summed E-state index contributed by atoms with van der Waals surface area (Å²) in [4.78, 5) is 0. The summed E-state index contributed by atoms with van der Waals surface area (Å²) in [5.74, 6) is 0.642. The van der Waals surface area contributed by atoms with Crippen LogP contribution in [0.4, 0.5) is 5.82 Å². The van der Waals surface area contributed by atoms with Crippen molar-refractivity contribution < 1.29 is 5.11 Å². The van der Waals surface area contributed by atoms with Gasteiger partial charge in [-0.25, -0.2) is 4.68 Å². The van der Waals surface area contributed by atoms with Gasteiger partial charge in [0.1, 0.15) is 5.82 Å². The number of aliphatic hydroxyl groups is 1. The summed E-state index contributed by atoms with van der Waals surface area (Å²) < 4.78 is 1.73. The molecule has 2 rings (SSSR count). The molecule has 2 aromatic rings. The normalized spacial score (nSPS) is 10.8. The summed E-state index contributed by atoms with van der Waals surface area (Å²) in [5.41, 5.74) is 7.97. The first-order chi connectivity index (χ1) is 8.72. The molecule has 0 spiro atoms. The smallest absolute Gasteiger partial charge is 0.125 e. The third kappa shape index (κ3) is 2.83. The van der Waals surface area contributed by atoms with Gasteiger partial charge in [-0.05, 0) is 24.5 Å². The van der Waals surface area contributed by atoms with Crippen molar-refractivity contribution in [2.24, 2.45) is 0 Å². The molecule has 0 fully saturated rings. The first-order valence-electron chi connectivity index (χ1n) is 5.87.